The highest BCUT2D eigenvalue weighted by molar-refractivity contribution is 7.84. The molecule has 0 aromatic rings. The van der Waals surface area contributed by atoms with Crippen LogP contribution >= 0.6 is 12.6 Å². The molecule has 54 valence electrons. The van der Waals surface area contributed by atoms with Gasteiger partial charge in [-0.3, -0.25) is 0 Å². The van der Waals surface area contributed by atoms with Crippen LogP contribution in [0.25, 0.3) is 0 Å². The van der Waals surface area contributed by atoms with Crippen molar-refractivity contribution >= 4 is 12.6 Å². The molecule has 0 aromatic heterocycles. The summed E-state index contributed by atoms with van der Waals surface area (Å²) in [5, 5.41) is 3.20. The third-order valence-electron chi connectivity index (χ3n) is 1.21. The summed E-state index contributed by atoms with van der Waals surface area (Å²) in [6.07, 6.45) is 1.02. The topological polar surface area (TPSA) is 12.0 Å². The number of hydrogen-bond donors (Lipinski definition) is 2. The van der Waals surface area contributed by atoms with Gasteiger partial charge in [-0.15, -0.1) is 12.6 Å². The van der Waals surface area contributed by atoms with Crippen molar-refractivity contribution in [1.29, 1.82) is 0 Å². The van der Waals surface area contributed by atoms with Crippen LogP contribution in [0.15, 0.2) is 10.6 Å². The molecule has 0 aliphatic heterocycles. The molecule has 0 spiro atoms. The van der Waals surface area contributed by atoms with E-state index in [1.165, 1.54) is 5.70 Å². The lowest BCUT2D eigenvalue weighted by molar-refractivity contribution is 0.841. The Morgan fingerprint density at radius 2 is 2.00 bits per heavy atom. The van der Waals surface area contributed by atoms with Crippen molar-refractivity contribution < 1.29 is 0 Å². The van der Waals surface area contributed by atoms with Gasteiger partial charge in [-0.2, -0.15) is 0 Å². The third-order valence-corrected chi connectivity index (χ3v) is 1.86. The summed E-state index contributed by atoms with van der Waals surface area (Å²) < 4.78 is 0. The summed E-state index contributed by atoms with van der Waals surface area (Å²) in [5.74, 6) is 0. The SMILES string of the molecule is CCN/C(C)=C(\S)CC. The van der Waals surface area contributed by atoms with E-state index in [4.69, 9.17) is 0 Å². The summed E-state index contributed by atoms with van der Waals surface area (Å²) in [6, 6.07) is 0. The molecule has 9 heavy (non-hydrogen) atoms. The molecule has 0 fully saturated rings. The monoisotopic (exact) mass is 145 g/mol. The number of hydrogen-bond acceptors (Lipinski definition) is 2. The van der Waals surface area contributed by atoms with Gasteiger partial charge in [0, 0.05) is 12.2 Å². The lowest BCUT2D eigenvalue weighted by Gasteiger charge is -2.04. The van der Waals surface area contributed by atoms with Crippen LogP contribution in [0.1, 0.15) is 27.2 Å². The Morgan fingerprint density at radius 3 is 2.33 bits per heavy atom. The lowest BCUT2D eigenvalue weighted by atomic mass is 10.3. The largest absolute Gasteiger partial charge is 0.388 e. The minimum Gasteiger partial charge on any atom is -0.388 e. The fourth-order valence-corrected chi connectivity index (χ4v) is 0.711. The Hall–Kier alpha value is -0.110. The van der Waals surface area contributed by atoms with Crippen molar-refractivity contribution in [2.24, 2.45) is 0 Å². The maximum atomic E-state index is 4.28. The molecule has 0 bridgehead atoms. The van der Waals surface area contributed by atoms with Crippen molar-refractivity contribution in [3.63, 3.8) is 0 Å². The van der Waals surface area contributed by atoms with Gasteiger partial charge in [-0.05, 0) is 25.2 Å². The summed E-state index contributed by atoms with van der Waals surface area (Å²) in [5.41, 5.74) is 1.20. The van der Waals surface area contributed by atoms with Gasteiger partial charge in [0.15, 0.2) is 0 Å². The van der Waals surface area contributed by atoms with E-state index >= 15 is 0 Å². The van der Waals surface area contributed by atoms with E-state index in [1.807, 2.05) is 0 Å². The molecule has 2 heteroatoms. The first-order valence-corrected chi connectivity index (χ1v) is 3.79. The number of rotatable bonds is 3. The van der Waals surface area contributed by atoms with E-state index in [9.17, 15) is 0 Å². The normalized spacial score (nSPS) is 12.9. The molecule has 0 heterocycles. The molecule has 0 aromatic carbocycles. The maximum Gasteiger partial charge on any atom is 0.0169 e. The molecule has 0 rings (SSSR count). The first-order chi connectivity index (χ1) is 4.22. The molecule has 0 aliphatic carbocycles. The number of allylic oxidation sites excluding steroid dienone is 2. The second-order valence-electron chi connectivity index (χ2n) is 1.96. The van der Waals surface area contributed by atoms with E-state index in [-0.39, 0.29) is 0 Å². The molecule has 0 saturated carbocycles. The fourth-order valence-electron chi connectivity index (χ4n) is 0.632. The summed E-state index contributed by atoms with van der Waals surface area (Å²) in [6.45, 7) is 7.22. The molecule has 0 aliphatic rings. The van der Waals surface area contributed by atoms with Crippen LogP contribution in [0, 0.1) is 0 Å². The lowest BCUT2D eigenvalue weighted by Crippen LogP contribution is -2.10. The predicted octanol–water partition coefficient (Wildman–Crippen LogP) is 2.17. The van der Waals surface area contributed by atoms with Crippen molar-refractivity contribution in [3.8, 4) is 0 Å². The van der Waals surface area contributed by atoms with Crippen molar-refractivity contribution in [3.05, 3.63) is 10.6 Å². The van der Waals surface area contributed by atoms with E-state index in [1.54, 1.807) is 0 Å². The molecule has 1 N–H and O–H groups in total. The van der Waals surface area contributed by atoms with Crippen molar-refractivity contribution in [2.45, 2.75) is 27.2 Å². The highest BCUT2D eigenvalue weighted by Gasteiger charge is 1.90. The fraction of sp³-hybridized carbons (Fsp3) is 0.714. The van der Waals surface area contributed by atoms with E-state index in [0.29, 0.717) is 0 Å². The molecular weight excluding hydrogens is 130 g/mol. The summed E-state index contributed by atoms with van der Waals surface area (Å²) in [7, 11) is 0. The van der Waals surface area contributed by atoms with Gasteiger partial charge in [-0.1, -0.05) is 6.92 Å². The van der Waals surface area contributed by atoms with Crippen molar-refractivity contribution in [1.82, 2.24) is 5.32 Å². The molecule has 0 amide bonds. The minimum atomic E-state index is 0.982. The zero-order valence-electron chi connectivity index (χ0n) is 6.36. The summed E-state index contributed by atoms with van der Waals surface area (Å²) >= 11 is 4.28. The van der Waals surface area contributed by atoms with Gasteiger partial charge in [0.25, 0.3) is 0 Å². The molecular formula is C7H15NS. The minimum absolute atomic E-state index is 0.982. The Balaban J connectivity index is 3.78. The molecule has 0 atom stereocenters. The van der Waals surface area contributed by atoms with Gasteiger partial charge >= 0.3 is 0 Å². The Morgan fingerprint density at radius 1 is 1.44 bits per heavy atom. The van der Waals surface area contributed by atoms with Gasteiger partial charge in [0.05, 0.1) is 0 Å². The number of thiol groups is 1. The van der Waals surface area contributed by atoms with Crippen LogP contribution in [0.3, 0.4) is 0 Å². The highest BCUT2D eigenvalue weighted by atomic mass is 32.1. The Labute approximate surface area is 62.9 Å². The van der Waals surface area contributed by atoms with Crippen LogP contribution in [0.5, 0.6) is 0 Å². The standard InChI is InChI=1S/C7H15NS/c1-4-7(9)6(3)8-5-2/h8-9H,4-5H2,1-3H3/b7-6-. The average molecular weight is 145 g/mol. The van der Waals surface area contributed by atoms with Gasteiger partial charge in [-0.25, -0.2) is 0 Å². The second-order valence-corrected chi connectivity index (χ2v) is 2.50. The van der Waals surface area contributed by atoms with E-state index in [2.05, 4.69) is 38.7 Å². The van der Waals surface area contributed by atoms with Crippen LogP contribution in [-0.2, 0) is 0 Å². The average Bonchev–Trinajstić information content (AvgIpc) is 1.87. The summed E-state index contributed by atoms with van der Waals surface area (Å²) in [4.78, 5) is 1.15. The molecule has 0 radical (unpaired) electrons. The predicted molar refractivity (Wildman–Crippen MR) is 45.7 cm³/mol. The Kier molecular flexibility index (Phi) is 4.68. The maximum absolute atomic E-state index is 4.28. The quantitative estimate of drug-likeness (QED) is 0.580. The molecule has 1 nitrogen and oxygen atoms in total. The van der Waals surface area contributed by atoms with Gasteiger partial charge in [0.1, 0.15) is 0 Å². The first-order valence-electron chi connectivity index (χ1n) is 3.34. The van der Waals surface area contributed by atoms with Gasteiger partial charge < -0.3 is 5.32 Å². The van der Waals surface area contributed by atoms with Crippen molar-refractivity contribution in [2.75, 3.05) is 6.54 Å². The number of nitrogens with one attached hydrogen (secondary N) is 1. The van der Waals surface area contributed by atoms with Crippen LogP contribution in [0.4, 0.5) is 0 Å². The van der Waals surface area contributed by atoms with Crippen LogP contribution in [-0.4, -0.2) is 6.54 Å². The van der Waals surface area contributed by atoms with E-state index < -0.39 is 0 Å². The Bertz CT molecular complexity index is 107. The van der Waals surface area contributed by atoms with Crippen LogP contribution < -0.4 is 5.32 Å². The zero-order chi connectivity index (χ0) is 7.28. The molecule has 0 unspecified atom stereocenters. The van der Waals surface area contributed by atoms with Crippen LogP contribution in [0.2, 0.25) is 0 Å². The highest BCUT2D eigenvalue weighted by Crippen LogP contribution is 2.08. The smallest absolute Gasteiger partial charge is 0.0169 e. The van der Waals surface area contributed by atoms with E-state index in [0.717, 1.165) is 17.9 Å². The zero-order valence-corrected chi connectivity index (χ0v) is 7.26. The second kappa shape index (κ2) is 4.74. The molecule has 0 saturated heterocycles. The third kappa shape index (κ3) is 3.46. The first kappa shape index (κ1) is 8.89. The van der Waals surface area contributed by atoms with Gasteiger partial charge in [0.2, 0.25) is 0 Å².